The van der Waals surface area contributed by atoms with Gasteiger partial charge in [0, 0.05) is 46.7 Å². The second kappa shape index (κ2) is 10.6. The van der Waals surface area contributed by atoms with Crippen molar-refractivity contribution in [3.05, 3.63) is 76.3 Å². The van der Waals surface area contributed by atoms with Crippen molar-refractivity contribution >= 4 is 35.2 Å². The molecule has 3 aromatic rings. The molecule has 0 aliphatic carbocycles. The molecule has 3 rings (SSSR count). The van der Waals surface area contributed by atoms with Crippen molar-refractivity contribution in [2.75, 3.05) is 11.9 Å². The van der Waals surface area contributed by atoms with Crippen molar-refractivity contribution < 1.29 is 4.79 Å². The summed E-state index contributed by atoms with van der Waals surface area (Å²) in [5, 5.41) is 6.76. The number of H-pyrrole nitrogens is 1. The Morgan fingerprint density at radius 1 is 1.23 bits per heavy atom. The molecule has 0 spiro atoms. The molecule has 30 heavy (non-hydrogen) atoms. The van der Waals surface area contributed by atoms with E-state index in [0.29, 0.717) is 10.6 Å². The van der Waals surface area contributed by atoms with E-state index in [2.05, 4.69) is 51.6 Å². The number of aromatic nitrogens is 2. The molecule has 6 nitrogen and oxygen atoms in total. The number of nitrogens with zero attached hydrogens (tertiary/aromatic N) is 2. The minimum absolute atomic E-state index is 0.244. The largest absolute Gasteiger partial charge is 0.384 e. The van der Waals surface area contributed by atoms with Crippen molar-refractivity contribution in [2.45, 2.75) is 33.1 Å². The molecular weight excluding hydrogens is 398 g/mol. The maximum absolute atomic E-state index is 12.3. The third-order valence-electron chi connectivity index (χ3n) is 4.84. The van der Waals surface area contributed by atoms with E-state index in [0.717, 1.165) is 54.0 Å². The molecule has 7 heteroatoms. The number of halogens is 1. The molecule has 0 saturated carbocycles. The van der Waals surface area contributed by atoms with E-state index < -0.39 is 0 Å². The molecule has 1 amide bonds. The molecule has 1 heterocycles. The minimum Gasteiger partial charge on any atom is -0.384 e. The first-order valence-corrected chi connectivity index (χ1v) is 10.4. The number of carbonyl (C=O) groups is 1. The van der Waals surface area contributed by atoms with Gasteiger partial charge in [-0.15, -0.1) is 0 Å². The van der Waals surface area contributed by atoms with Gasteiger partial charge in [0.1, 0.15) is 0 Å². The zero-order valence-corrected chi connectivity index (χ0v) is 18.0. The lowest BCUT2D eigenvalue weighted by molar-refractivity contribution is 0.0978. The number of aryl methyl sites for hydroxylation is 1. The summed E-state index contributed by atoms with van der Waals surface area (Å²) in [5.41, 5.74) is 5.81. The first kappa shape index (κ1) is 21.6. The number of benzene rings is 2. The highest BCUT2D eigenvalue weighted by Crippen LogP contribution is 2.32. The summed E-state index contributed by atoms with van der Waals surface area (Å²) >= 11 is 5.96. The van der Waals surface area contributed by atoms with Gasteiger partial charge in [-0.25, -0.2) is 9.98 Å². The number of amides is 1. The summed E-state index contributed by atoms with van der Waals surface area (Å²) in [7, 11) is 0. The second-order valence-electron chi connectivity index (χ2n) is 6.80. The zero-order chi connectivity index (χ0) is 21.3. The molecule has 156 valence electrons. The molecule has 0 fully saturated rings. The van der Waals surface area contributed by atoms with Crippen LogP contribution >= 0.6 is 11.6 Å². The molecule has 0 saturated heterocycles. The predicted octanol–water partition coefficient (Wildman–Crippen LogP) is 4.93. The van der Waals surface area contributed by atoms with E-state index >= 15 is 0 Å². The Morgan fingerprint density at radius 3 is 2.80 bits per heavy atom. The van der Waals surface area contributed by atoms with E-state index in [-0.39, 0.29) is 5.91 Å². The Labute approximate surface area is 181 Å². The van der Waals surface area contributed by atoms with Crippen LogP contribution in [-0.2, 0) is 19.3 Å². The molecule has 0 radical (unpaired) electrons. The number of hydrogen-bond donors (Lipinski definition) is 3. The van der Waals surface area contributed by atoms with E-state index in [1.807, 2.05) is 6.20 Å². The van der Waals surface area contributed by atoms with Crippen molar-refractivity contribution in [3.63, 3.8) is 0 Å². The first-order valence-electron chi connectivity index (χ1n) is 10.1. The molecule has 0 atom stereocenters. The van der Waals surface area contributed by atoms with Crippen LogP contribution in [0.25, 0.3) is 0 Å². The average Bonchev–Trinajstić information content (AvgIpc) is 3.27. The Morgan fingerprint density at radius 2 is 2.10 bits per heavy atom. The summed E-state index contributed by atoms with van der Waals surface area (Å²) in [6.07, 6.45) is 7.53. The van der Waals surface area contributed by atoms with Gasteiger partial charge in [-0.3, -0.25) is 4.79 Å². The highest BCUT2D eigenvalue weighted by Gasteiger charge is 2.11. The van der Waals surface area contributed by atoms with E-state index in [9.17, 15) is 4.79 Å². The fourth-order valence-electron chi connectivity index (χ4n) is 3.28. The van der Waals surface area contributed by atoms with Crippen LogP contribution < -0.4 is 10.6 Å². The molecule has 0 aliphatic rings. The summed E-state index contributed by atoms with van der Waals surface area (Å²) < 4.78 is 0. The lowest BCUT2D eigenvalue weighted by atomic mass is 10.0. The minimum atomic E-state index is -0.244. The molecule has 0 aliphatic heterocycles. The lowest BCUT2D eigenvalue weighted by Gasteiger charge is -2.16. The highest BCUT2D eigenvalue weighted by molar-refractivity contribution is 6.31. The maximum Gasteiger partial charge on any atom is 0.256 e. The van der Waals surface area contributed by atoms with Gasteiger partial charge in [-0.1, -0.05) is 37.6 Å². The summed E-state index contributed by atoms with van der Waals surface area (Å²) in [5.74, 6) is -0.244. The summed E-state index contributed by atoms with van der Waals surface area (Å²) in [4.78, 5) is 24.1. The van der Waals surface area contributed by atoms with Crippen LogP contribution in [0, 0.1) is 0 Å². The van der Waals surface area contributed by atoms with Crippen molar-refractivity contribution in [1.29, 1.82) is 0 Å². The van der Waals surface area contributed by atoms with Gasteiger partial charge in [-0.2, -0.15) is 0 Å². The summed E-state index contributed by atoms with van der Waals surface area (Å²) in [6.45, 7) is 5.00. The molecule has 0 bridgehead atoms. The topological polar surface area (TPSA) is 82.2 Å². The lowest BCUT2D eigenvalue weighted by Crippen LogP contribution is -2.21. The normalized spacial score (nSPS) is 11.0. The van der Waals surface area contributed by atoms with Crippen molar-refractivity contribution in [3.8, 4) is 0 Å². The number of rotatable bonds is 9. The smallest absolute Gasteiger partial charge is 0.256 e. The van der Waals surface area contributed by atoms with Gasteiger partial charge in [0.25, 0.3) is 5.91 Å². The molecule has 2 aromatic carbocycles. The van der Waals surface area contributed by atoms with Gasteiger partial charge in [0.15, 0.2) is 0 Å². The Kier molecular flexibility index (Phi) is 7.63. The maximum atomic E-state index is 12.3. The molecular formula is C23H26ClN5O. The number of nitrogens with one attached hydrogen (secondary N) is 3. The van der Waals surface area contributed by atoms with Crippen LogP contribution in [0.4, 0.5) is 11.4 Å². The Balaban J connectivity index is 1.74. The van der Waals surface area contributed by atoms with Gasteiger partial charge >= 0.3 is 0 Å². The van der Waals surface area contributed by atoms with Crippen LogP contribution in [0.5, 0.6) is 0 Å². The number of carbonyl (C=O) groups excluding carboxylic acids is 1. The summed E-state index contributed by atoms with van der Waals surface area (Å²) in [6, 6.07) is 11.0. The van der Waals surface area contributed by atoms with Crippen molar-refractivity contribution in [1.82, 2.24) is 15.3 Å². The molecule has 3 N–H and O–H groups in total. The number of aliphatic imine (C=N–C) groups is 1. The van der Waals surface area contributed by atoms with E-state index in [1.54, 1.807) is 30.6 Å². The second-order valence-corrected chi connectivity index (χ2v) is 7.24. The third-order valence-corrected chi connectivity index (χ3v) is 5.08. The number of anilines is 1. The van der Waals surface area contributed by atoms with Gasteiger partial charge in [0.05, 0.1) is 18.4 Å². The Hall–Kier alpha value is -3.12. The third kappa shape index (κ3) is 5.48. The average molecular weight is 424 g/mol. The zero-order valence-electron chi connectivity index (χ0n) is 17.2. The van der Waals surface area contributed by atoms with Crippen LogP contribution in [0.15, 0.2) is 53.9 Å². The number of imidazole rings is 1. The fraction of sp³-hybridized carbons (Fsp3) is 0.261. The number of aromatic amines is 1. The predicted molar refractivity (Wildman–Crippen MR) is 123 cm³/mol. The number of hydrogen-bond acceptors (Lipinski definition) is 4. The molecule has 0 unspecified atom stereocenters. The van der Waals surface area contributed by atoms with Crippen LogP contribution in [0.2, 0.25) is 5.02 Å². The van der Waals surface area contributed by atoms with Gasteiger partial charge in [0.2, 0.25) is 0 Å². The van der Waals surface area contributed by atoms with Crippen molar-refractivity contribution in [2.24, 2.45) is 4.99 Å². The molecule has 1 aromatic heterocycles. The van der Waals surface area contributed by atoms with E-state index in [1.165, 1.54) is 6.34 Å². The monoisotopic (exact) mass is 423 g/mol. The standard InChI is InChI=1S/C23H26ClN5O/c1-3-16-8-9-21(26-11-10-19-13-25-14-27-19)20(4-2)22(16)28-15-29-23(30)17-6-5-7-18(24)12-17/h5-9,12-15,26H,3-4,10-11H2,1-2H3,(H,25,27)(H,28,29,30). The quantitative estimate of drug-likeness (QED) is 0.337. The SMILES string of the molecule is CCc1ccc(NCCc2cnc[nH]2)c(CC)c1N=CNC(=O)c1cccc(Cl)c1. The Bertz CT molecular complexity index is 1010. The van der Waals surface area contributed by atoms with Crippen LogP contribution in [0.3, 0.4) is 0 Å². The first-order chi connectivity index (χ1) is 14.6. The van der Waals surface area contributed by atoms with Crippen LogP contribution in [-0.4, -0.2) is 28.8 Å². The van der Waals surface area contributed by atoms with Crippen LogP contribution in [0.1, 0.15) is 41.0 Å². The van der Waals surface area contributed by atoms with Gasteiger partial charge < -0.3 is 15.6 Å². The highest BCUT2D eigenvalue weighted by atomic mass is 35.5. The van der Waals surface area contributed by atoms with E-state index in [4.69, 9.17) is 11.6 Å². The van der Waals surface area contributed by atoms with Gasteiger partial charge in [-0.05, 0) is 42.7 Å². The fourth-order valence-corrected chi connectivity index (χ4v) is 3.47.